The van der Waals surface area contributed by atoms with Crippen LogP contribution < -0.4 is 0 Å². The van der Waals surface area contributed by atoms with Crippen LogP contribution in [0.5, 0.6) is 0 Å². The number of quaternary nitrogens is 1. The van der Waals surface area contributed by atoms with E-state index >= 15 is 0 Å². The largest absolute Gasteiger partial charge is 0.477 e. The number of carboxylic acid groups (broad SMARTS) is 1. The molecule has 0 heterocycles. The molecule has 9 nitrogen and oxygen atoms in total. The minimum atomic E-state index is -1.54. The van der Waals surface area contributed by atoms with Gasteiger partial charge >= 0.3 is 17.9 Å². The number of rotatable bonds is 52. The third-order valence-electron chi connectivity index (χ3n) is 12.2. The van der Waals surface area contributed by atoms with E-state index in [4.69, 9.17) is 18.9 Å². The summed E-state index contributed by atoms with van der Waals surface area (Å²) >= 11 is 0. The molecule has 0 aromatic carbocycles. The molecule has 0 saturated carbocycles. The summed E-state index contributed by atoms with van der Waals surface area (Å²) in [4.78, 5) is 37.3. The normalized spacial score (nSPS) is 13.4. The summed E-state index contributed by atoms with van der Waals surface area (Å²) in [7, 11) is 5.93. The molecule has 9 heteroatoms. The SMILES string of the molecule is CC/C=C\C/C=C\C/C=C\C/C=C\C/C=C\CC(=O)OC(COC(=O)CCCCCCCCCCCCCCCCCCCCC/C=C\C/C=C\CCCCCCC)COC(OCC[N+](C)(C)C)C(=O)O. The van der Waals surface area contributed by atoms with Crippen LogP contribution >= 0.6 is 0 Å². The third kappa shape index (κ3) is 54.1. The number of likely N-dealkylation sites (N-methyl/N-ethyl adjacent to an activating group) is 1. The van der Waals surface area contributed by atoms with E-state index in [2.05, 4.69) is 80.7 Å². The predicted octanol–water partition coefficient (Wildman–Crippen LogP) is 16.8. The molecule has 0 fully saturated rings. The summed E-state index contributed by atoms with van der Waals surface area (Å²) in [5.74, 6) is -2.17. The van der Waals surface area contributed by atoms with Crippen LogP contribution in [0.2, 0.25) is 0 Å². The highest BCUT2D eigenvalue weighted by atomic mass is 16.7. The molecule has 0 radical (unpaired) electrons. The number of esters is 2. The molecule has 0 aromatic rings. The van der Waals surface area contributed by atoms with Gasteiger partial charge < -0.3 is 28.5 Å². The molecule has 0 spiro atoms. The van der Waals surface area contributed by atoms with Gasteiger partial charge in [0.2, 0.25) is 0 Å². The molecule has 0 aromatic heterocycles. The maximum atomic E-state index is 12.8. The standard InChI is InChI=1S/C62H107NO8/c1-6-8-10-12-14-16-18-20-22-23-24-25-26-27-28-29-30-31-32-33-34-35-36-37-39-40-42-44-46-48-50-52-59(64)69-56-58(57-70-62(61(66)67)68-55-54-63(3,4)5)71-60(65)53-51-49-47-45-43-41-38-21-19-17-15-13-11-9-7-2/h9,11,15,17-18,20-21,23-24,38,43,45,49,51,58,62H,6-8,10,12-14,16,19,22,25-37,39-42,44,46-48,50,52-57H2,1-5H3/p+1/b11-9-,17-15-,20-18-,24-23-,38-21-,45-43-,51-49-. The molecular formula is C62H108NO8+. The smallest absolute Gasteiger partial charge is 0.361 e. The summed E-state index contributed by atoms with van der Waals surface area (Å²) in [6.07, 6.45) is 67.2. The van der Waals surface area contributed by atoms with Crippen LogP contribution in [0.25, 0.3) is 0 Å². The van der Waals surface area contributed by atoms with Gasteiger partial charge in [0, 0.05) is 6.42 Å². The summed E-state index contributed by atoms with van der Waals surface area (Å²) in [6.45, 7) is 4.64. The average molecular weight is 996 g/mol. The Morgan fingerprint density at radius 2 is 0.845 bits per heavy atom. The van der Waals surface area contributed by atoms with Crippen molar-refractivity contribution in [1.29, 1.82) is 0 Å². The van der Waals surface area contributed by atoms with Gasteiger partial charge in [0.25, 0.3) is 6.29 Å². The minimum absolute atomic E-state index is 0.0257. The first-order chi connectivity index (χ1) is 34.6. The third-order valence-corrected chi connectivity index (χ3v) is 12.2. The van der Waals surface area contributed by atoms with Crippen LogP contribution in [0.3, 0.4) is 0 Å². The molecule has 0 bridgehead atoms. The second-order valence-corrected chi connectivity index (χ2v) is 20.2. The number of unbranched alkanes of at least 4 members (excludes halogenated alkanes) is 24. The number of allylic oxidation sites excluding steroid dienone is 13. The zero-order valence-corrected chi connectivity index (χ0v) is 46.4. The van der Waals surface area contributed by atoms with E-state index in [0.717, 1.165) is 51.4 Å². The highest BCUT2D eigenvalue weighted by Gasteiger charge is 2.25. The molecule has 2 atom stereocenters. The monoisotopic (exact) mass is 995 g/mol. The lowest BCUT2D eigenvalue weighted by atomic mass is 10.0. The topological polar surface area (TPSA) is 108 Å². The predicted molar refractivity (Wildman–Crippen MR) is 299 cm³/mol. The van der Waals surface area contributed by atoms with Crippen molar-refractivity contribution in [2.24, 2.45) is 0 Å². The summed E-state index contributed by atoms with van der Waals surface area (Å²) in [5.41, 5.74) is 0. The number of hydrogen-bond acceptors (Lipinski definition) is 7. The number of carbonyl (C=O) groups excluding carboxylic acids is 2. The number of carbonyl (C=O) groups is 3. The van der Waals surface area contributed by atoms with Gasteiger partial charge in [-0.1, -0.05) is 234 Å². The van der Waals surface area contributed by atoms with Crippen LogP contribution in [0, 0.1) is 0 Å². The van der Waals surface area contributed by atoms with E-state index in [9.17, 15) is 19.5 Å². The fourth-order valence-electron chi connectivity index (χ4n) is 7.77. The lowest BCUT2D eigenvalue weighted by Gasteiger charge is -2.25. The first kappa shape index (κ1) is 67.5. The van der Waals surface area contributed by atoms with Crippen molar-refractivity contribution >= 4 is 17.9 Å². The van der Waals surface area contributed by atoms with Gasteiger partial charge in [0.05, 0.1) is 40.8 Å². The van der Waals surface area contributed by atoms with Gasteiger partial charge in [-0.3, -0.25) is 9.59 Å². The average Bonchev–Trinajstić information content (AvgIpc) is 3.34. The van der Waals surface area contributed by atoms with Gasteiger partial charge in [0.15, 0.2) is 6.10 Å². The zero-order chi connectivity index (χ0) is 52.0. The van der Waals surface area contributed by atoms with Crippen LogP contribution in [0.4, 0.5) is 0 Å². The molecule has 408 valence electrons. The molecule has 0 aliphatic rings. The highest BCUT2D eigenvalue weighted by molar-refractivity contribution is 5.72. The zero-order valence-electron chi connectivity index (χ0n) is 46.4. The van der Waals surface area contributed by atoms with Gasteiger partial charge in [-0.15, -0.1) is 0 Å². The Bertz CT molecular complexity index is 1440. The maximum absolute atomic E-state index is 12.8. The second-order valence-electron chi connectivity index (χ2n) is 20.2. The Hall–Kier alpha value is -3.53. The van der Waals surface area contributed by atoms with Crippen molar-refractivity contribution in [1.82, 2.24) is 0 Å². The fourth-order valence-corrected chi connectivity index (χ4v) is 7.77. The van der Waals surface area contributed by atoms with Gasteiger partial charge in [-0.2, -0.15) is 0 Å². The lowest BCUT2D eigenvalue weighted by Crippen LogP contribution is -2.40. The second kappa shape index (κ2) is 52.8. The fraction of sp³-hybridized carbons (Fsp3) is 0.726. The van der Waals surface area contributed by atoms with E-state index in [1.54, 1.807) is 6.08 Å². The molecule has 1 N–H and O–H groups in total. The molecule has 2 unspecified atom stereocenters. The molecule has 71 heavy (non-hydrogen) atoms. The van der Waals surface area contributed by atoms with Crippen LogP contribution in [-0.4, -0.2) is 87.4 Å². The van der Waals surface area contributed by atoms with Crippen molar-refractivity contribution in [3.63, 3.8) is 0 Å². The van der Waals surface area contributed by atoms with Crippen LogP contribution in [0.1, 0.15) is 232 Å². The Kier molecular flexibility index (Phi) is 50.2. The van der Waals surface area contributed by atoms with E-state index < -0.39 is 24.3 Å². The highest BCUT2D eigenvalue weighted by Crippen LogP contribution is 2.16. The number of nitrogens with zero attached hydrogens (tertiary/aromatic N) is 1. The van der Waals surface area contributed by atoms with Crippen molar-refractivity contribution in [2.45, 2.75) is 245 Å². The van der Waals surface area contributed by atoms with Gasteiger partial charge in [-0.25, -0.2) is 4.79 Å². The molecule has 0 aliphatic carbocycles. The Morgan fingerprint density at radius 1 is 0.451 bits per heavy atom. The summed E-state index contributed by atoms with van der Waals surface area (Å²) in [6, 6.07) is 0. The first-order valence-corrected chi connectivity index (χ1v) is 28.8. The number of hydrogen-bond donors (Lipinski definition) is 1. The Labute approximate surface area is 436 Å². The van der Waals surface area contributed by atoms with Gasteiger partial charge in [-0.05, 0) is 70.6 Å². The molecular weight excluding hydrogens is 887 g/mol. The number of ether oxygens (including phenoxy) is 4. The Balaban J connectivity index is 4.17. The van der Waals surface area contributed by atoms with E-state index in [1.165, 1.54) is 148 Å². The summed E-state index contributed by atoms with van der Waals surface area (Å²) < 4.78 is 22.7. The molecule has 0 amide bonds. The molecule has 0 rings (SSSR count). The molecule has 0 saturated heterocycles. The van der Waals surface area contributed by atoms with Crippen LogP contribution in [0.15, 0.2) is 85.1 Å². The summed E-state index contributed by atoms with van der Waals surface area (Å²) in [5, 5.41) is 9.67. The lowest BCUT2D eigenvalue weighted by molar-refractivity contribution is -0.870. The van der Waals surface area contributed by atoms with Gasteiger partial charge in [0.1, 0.15) is 13.2 Å². The van der Waals surface area contributed by atoms with E-state index in [1.807, 2.05) is 33.3 Å². The van der Waals surface area contributed by atoms with Crippen molar-refractivity contribution < 1.29 is 42.9 Å². The number of carboxylic acids is 1. The van der Waals surface area contributed by atoms with Crippen molar-refractivity contribution in [3.8, 4) is 0 Å². The van der Waals surface area contributed by atoms with E-state index in [0.29, 0.717) is 17.4 Å². The van der Waals surface area contributed by atoms with Crippen molar-refractivity contribution in [2.75, 3.05) is 47.5 Å². The Morgan fingerprint density at radius 3 is 1.27 bits per heavy atom. The van der Waals surface area contributed by atoms with E-state index in [-0.39, 0.29) is 38.6 Å². The first-order valence-electron chi connectivity index (χ1n) is 28.8. The quantitative estimate of drug-likeness (QED) is 0.0211. The molecule has 0 aliphatic heterocycles. The number of aliphatic carboxylic acids is 1. The maximum Gasteiger partial charge on any atom is 0.361 e. The minimum Gasteiger partial charge on any atom is -0.477 e. The van der Waals surface area contributed by atoms with Crippen LogP contribution in [-0.2, 0) is 33.3 Å². The van der Waals surface area contributed by atoms with Crippen molar-refractivity contribution in [3.05, 3.63) is 85.1 Å².